The molecular formula is C21H24N2O4S. The Hall–Kier alpha value is -2.80. The van der Waals surface area contributed by atoms with Gasteiger partial charge in [0, 0.05) is 12.1 Å². The molecule has 0 saturated heterocycles. The van der Waals surface area contributed by atoms with Crippen molar-refractivity contribution in [3.05, 3.63) is 60.2 Å². The van der Waals surface area contributed by atoms with Crippen LogP contribution in [0.4, 0.5) is 11.4 Å². The molecule has 0 aliphatic heterocycles. The summed E-state index contributed by atoms with van der Waals surface area (Å²) in [6.07, 6.45) is 6.51. The van der Waals surface area contributed by atoms with Gasteiger partial charge < -0.3 is 10.1 Å². The predicted octanol–water partition coefficient (Wildman–Crippen LogP) is 4.10. The maximum Gasteiger partial charge on any atom is 0.262 e. The molecule has 148 valence electrons. The third kappa shape index (κ3) is 4.72. The van der Waals surface area contributed by atoms with Crippen LogP contribution in [0.2, 0.25) is 0 Å². The minimum atomic E-state index is -3.85. The third-order valence-corrected chi connectivity index (χ3v) is 6.18. The smallest absolute Gasteiger partial charge is 0.262 e. The second kappa shape index (κ2) is 8.48. The first-order valence-corrected chi connectivity index (χ1v) is 10.6. The molecule has 0 saturated carbocycles. The molecule has 2 aromatic rings. The minimum Gasteiger partial charge on any atom is -0.495 e. The molecule has 2 N–H and O–H groups in total. The summed E-state index contributed by atoms with van der Waals surface area (Å²) in [5.74, 6) is 0.556. The number of carbonyl (C=O) groups excluding carboxylic acids is 1. The van der Waals surface area contributed by atoms with Crippen LogP contribution in [0, 0.1) is 12.8 Å². The summed E-state index contributed by atoms with van der Waals surface area (Å²) >= 11 is 0. The summed E-state index contributed by atoms with van der Waals surface area (Å²) in [6.45, 7) is 1.71. The number of rotatable bonds is 7. The first-order valence-electron chi connectivity index (χ1n) is 9.12. The van der Waals surface area contributed by atoms with Crippen LogP contribution in [0.1, 0.15) is 24.8 Å². The first kappa shape index (κ1) is 19.9. The Morgan fingerprint density at radius 1 is 1.21 bits per heavy atom. The molecule has 0 fully saturated rings. The molecular weight excluding hydrogens is 376 g/mol. The Morgan fingerprint density at radius 3 is 2.71 bits per heavy atom. The fourth-order valence-corrected chi connectivity index (χ4v) is 4.55. The van der Waals surface area contributed by atoms with Gasteiger partial charge in [-0.15, -0.1) is 0 Å². The van der Waals surface area contributed by atoms with Crippen LogP contribution in [0.3, 0.4) is 0 Å². The van der Waals surface area contributed by atoms with Gasteiger partial charge in [0.25, 0.3) is 10.0 Å². The van der Waals surface area contributed by atoms with Gasteiger partial charge in [0.2, 0.25) is 5.91 Å². The number of carbonyl (C=O) groups is 1. The molecule has 6 nitrogen and oxygen atoms in total. The molecule has 3 rings (SSSR count). The van der Waals surface area contributed by atoms with Crippen LogP contribution in [-0.2, 0) is 14.8 Å². The maximum atomic E-state index is 12.9. The number of allylic oxidation sites excluding steroid dienone is 2. The minimum absolute atomic E-state index is 0.108. The van der Waals surface area contributed by atoms with Gasteiger partial charge in [-0.2, -0.15) is 0 Å². The molecule has 0 spiro atoms. The Morgan fingerprint density at radius 2 is 2.00 bits per heavy atom. The van der Waals surface area contributed by atoms with E-state index in [0.717, 1.165) is 12.8 Å². The van der Waals surface area contributed by atoms with Gasteiger partial charge in [0.15, 0.2) is 0 Å². The lowest BCUT2D eigenvalue weighted by Crippen LogP contribution is -2.17. The number of para-hydroxylation sites is 2. The Bertz CT molecular complexity index is 999. The number of sulfonamides is 1. The van der Waals surface area contributed by atoms with Crippen LogP contribution in [0.5, 0.6) is 5.75 Å². The van der Waals surface area contributed by atoms with E-state index in [2.05, 4.69) is 22.2 Å². The second-order valence-electron chi connectivity index (χ2n) is 6.80. The molecule has 1 atom stereocenters. The fraction of sp³-hybridized carbons (Fsp3) is 0.286. The number of hydrogen-bond acceptors (Lipinski definition) is 4. The van der Waals surface area contributed by atoms with Crippen molar-refractivity contribution in [2.24, 2.45) is 5.92 Å². The summed E-state index contributed by atoms with van der Waals surface area (Å²) in [7, 11) is -2.37. The van der Waals surface area contributed by atoms with Crippen LogP contribution in [0.25, 0.3) is 0 Å². The molecule has 2 aromatic carbocycles. The molecule has 1 amide bonds. The van der Waals surface area contributed by atoms with Gasteiger partial charge >= 0.3 is 0 Å². The molecule has 0 bridgehead atoms. The summed E-state index contributed by atoms with van der Waals surface area (Å²) in [6, 6.07) is 11.7. The van der Waals surface area contributed by atoms with Crippen LogP contribution in [-0.4, -0.2) is 21.4 Å². The van der Waals surface area contributed by atoms with Gasteiger partial charge in [-0.05, 0) is 55.5 Å². The van der Waals surface area contributed by atoms with Crippen molar-refractivity contribution < 1.29 is 17.9 Å². The highest BCUT2D eigenvalue weighted by Gasteiger charge is 2.20. The van der Waals surface area contributed by atoms with Gasteiger partial charge in [-0.3, -0.25) is 9.52 Å². The molecule has 0 radical (unpaired) electrons. The van der Waals surface area contributed by atoms with Gasteiger partial charge in [-0.25, -0.2) is 8.42 Å². The zero-order chi connectivity index (χ0) is 20.1. The van der Waals surface area contributed by atoms with Crippen LogP contribution in [0.15, 0.2) is 59.5 Å². The number of anilines is 2. The standard InChI is InChI=1S/C21H24N2O4S/c1-15-11-12-17(22-21(24)13-16-7-3-4-8-16)14-20(15)28(25,26)23-18-9-5-6-10-19(18)27-2/h3,5-7,9-12,14,16,23H,4,8,13H2,1-2H3,(H,22,24)/t16-/m0/s1. The van der Waals surface area contributed by atoms with Gasteiger partial charge in [-0.1, -0.05) is 30.4 Å². The topological polar surface area (TPSA) is 84.5 Å². The second-order valence-corrected chi connectivity index (χ2v) is 8.45. The number of benzene rings is 2. The highest BCUT2D eigenvalue weighted by atomic mass is 32.2. The number of hydrogen-bond donors (Lipinski definition) is 2. The number of aryl methyl sites for hydroxylation is 1. The SMILES string of the molecule is COc1ccccc1NS(=O)(=O)c1cc(NC(=O)C[C@H]2C=CCC2)ccc1C. The molecule has 0 heterocycles. The average molecular weight is 401 g/mol. The fourth-order valence-electron chi connectivity index (χ4n) is 3.21. The Balaban J connectivity index is 1.79. The highest BCUT2D eigenvalue weighted by molar-refractivity contribution is 7.92. The van der Waals surface area contributed by atoms with Crippen molar-refractivity contribution in [3.63, 3.8) is 0 Å². The quantitative estimate of drug-likeness (QED) is 0.686. The summed E-state index contributed by atoms with van der Waals surface area (Å²) in [5, 5.41) is 2.81. The highest BCUT2D eigenvalue weighted by Crippen LogP contribution is 2.28. The lowest BCUT2D eigenvalue weighted by atomic mass is 10.1. The largest absolute Gasteiger partial charge is 0.495 e. The Kier molecular flexibility index (Phi) is 6.04. The van der Waals surface area contributed by atoms with Crippen LogP contribution >= 0.6 is 0 Å². The van der Waals surface area contributed by atoms with E-state index in [-0.39, 0.29) is 16.7 Å². The van der Waals surface area contributed by atoms with Crippen LogP contribution < -0.4 is 14.8 Å². The molecule has 0 aromatic heterocycles. The predicted molar refractivity (Wildman–Crippen MR) is 110 cm³/mol. The summed E-state index contributed by atoms with van der Waals surface area (Å²) < 4.78 is 33.6. The lowest BCUT2D eigenvalue weighted by Gasteiger charge is -2.15. The van der Waals surface area contributed by atoms with E-state index < -0.39 is 10.0 Å². The van der Waals surface area contributed by atoms with E-state index in [0.29, 0.717) is 29.1 Å². The van der Waals surface area contributed by atoms with Crippen molar-refractivity contribution >= 4 is 27.3 Å². The van der Waals surface area contributed by atoms with E-state index in [1.165, 1.54) is 13.2 Å². The lowest BCUT2D eigenvalue weighted by molar-refractivity contribution is -0.116. The molecule has 7 heteroatoms. The summed E-state index contributed by atoms with van der Waals surface area (Å²) in [4.78, 5) is 12.4. The third-order valence-electron chi connectivity index (χ3n) is 4.67. The maximum absolute atomic E-state index is 12.9. The number of nitrogens with one attached hydrogen (secondary N) is 2. The van der Waals surface area contributed by atoms with E-state index in [1.54, 1.807) is 43.3 Å². The van der Waals surface area contributed by atoms with E-state index in [1.807, 2.05) is 0 Å². The van der Waals surface area contributed by atoms with Crippen molar-refractivity contribution in [1.82, 2.24) is 0 Å². The summed E-state index contributed by atoms with van der Waals surface area (Å²) in [5.41, 5.74) is 1.39. The first-order chi connectivity index (χ1) is 13.4. The van der Waals surface area contributed by atoms with E-state index in [4.69, 9.17) is 4.74 Å². The zero-order valence-corrected chi connectivity index (χ0v) is 16.8. The number of ether oxygens (including phenoxy) is 1. The molecule has 28 heavy (non-hydrogen) atoms. The monoisotopic (exact) mass is 400 g/mol. The zero-order valence-electron chi connectivity index (χ0n) is 15.9. The van der Waals surface area contributed by atoms with Gasteiger partial charge in [0.05, 0.1) is 17.7 Å². The van der Waals surface area contributed by atoms with Crippen molar-refractivity contribution in [2.45, 2.75) is 31.1 Å². The van der Waals surface area contributed by atoms with E-state index in [9.17, 15) is 13.2 Å². The van der Waals surface area contributed by atoms with Gasteiger partial charge in [0.1, 0.15) is 5.75 Å². The molecule has 1 aliphatic rings. The Labute approximate surface area is 165 Å². The normalized spacial score (nSPS) is 16.0. The van der Waals surface area contributed by atoms with Crippen molar-refractivity contribution in [1.29, 1.82) is 0 Å². The molecule has 1 aliphatic carbocycles. The average Bonchev–Trinajstić information content (AvgIpc) is 3.16. The number of amides is 1. The van der Waals surface area contributed by atoms with Crippen molar-refractivity contribution in [2.75, 3.05) is 17.1 Å². The van der Waals surface area contributed by atoms with Crippen molar-refractivity contribution in [3.8, 4) is 5.75 Å². The molecule has 0 unspecified atom stereocenters. The van der Waals surface area contributed by atoms with E-state index >= 15 is 0 Å². The number of methoxy groups -OCH3 is 1.